The van der Waals surface area contributed by atoms with E-state index < -0.39 is 18.2 Å². The van der Waals surface area contributed by atoms with Crippen LogP contribution in [0.3, 0.4) is 0 Å². The number of carbonyl (C=O) groups is 3. The molecule has 8 N–H and O–H groups in total. The standard InChI is InChI=1S/C33H35ClN6O4.C7H8S.2H2O/c1-2-15-35-19-30(42)40-28(16-22-11-13-25(41)14-12-22)32(43)39(20-24-9-6-10-26-27(34)18-36-31(24)26)21-29(40)38-33(44)37-17-23-7-4-3-5-8-23;1-6-2-4-7(8)5-3-6;;/h2-14,18,27-29,35,41H,1,15-17,19-21H2,(H2,37,38,44);2-5,8H,1H3;2*1H2/t27?,28-,29+;;;/m0.../s1. The van der Waals surface area contributed by atoms with Crippen LogP contribution in [0.1, 0.15) is 33.2 Å². The highest BCUT2D eigenvalue weighted by Gasteiger charge is 2.44. The molecule has 0 aliphatic carbocycles. The number of hydrogen-bond acceptors (Lipinski definition) is 7. The minimum absolute atomic E-state index is 0. The Bertz CT molecular complexity index is 1860. The summed E-state index contributed by atoms with van der Waals surface area (Å²) in [6, 6.07) is 28.4. The van der Waals surface area contributed by atoms with Gasteiger partial charge < -0.3 is 41.8 Å². The molecule has 4 amide bonds. The van der Waals surface area contributed by atoms with Crippen LogP contribution in [-0.2, 0) is 29.1 Å². The Balaban J connectivity index is 0.000000696. The summed E-state index contributed by atoms with van der Waals surface area (Å²) in [5.41, 5.74) is 5.37. The van der Waals surface area contributed by atoms with Crippen molar-refractivity contribution in [3.63, 3.8) is 0 Å². The van der Waals surface area contributed by atoms with Gasteiger partial charge in [0.2, 0.25) is 11.8 Å². The van der Waals surface area contributed by atoms with Crippen LogP contribution < -0.4 is 16.0 Å². The smallest absolute Gasteiger partial charge is 0.316 e. The summed E-state index contributed by atoms with van der Waals surface area (Å²) in [5.74, 6) is -0.510. The molecule has 2 heterocycles. The minimum atomic E-state index is -0.924. The number of rotatable bonds is 11. The van der Waals surface area contributed by atoms with Crippen LogP contribution in [0, 0.1) is 6.92 Å². The number of amides is 4. The van der Waals surface area contributed by atoms with Gasteiger partial charge in [-0.05, 0) is 47.9 Å². The quantitative estimate of drug-likeness (QED) is 0.0653. The number of aliphatic imine (C=N–C) groups is 1. The first-order chi connectivity index (χ1) is 25.1. The summed E-state index contributed by atoms with van der Waals surface area (Å²) >= 11 is 10.5. The number of halogens is 1. The molecule has 0 bridgehead atoms. The second-order valence-corrected chi connectivity index (χ2v) is 13.5. The molecule has 0 saturated carbocycles. The van der Waals surface area contributed by atoms with Gasteiger partial charge >= 0.3 is 6.03 Å². The highest BCUT2D eigenvalue weighted by molar-refractivity contribution is 7.80. The van der Waals surface area contributed by atoms with E-state index in [1.54, 1.807) is 41.5 Å². The number of phenolic OH excluding ortho intramolecular Hbond substituents is 1. The lowest BCUT2D eigenvalue weighted by Crippen LogP contribution is -2.69. The molecule has 12 nitrogen and oxygen atoms in total. The molecule has 0 radical (unpaired) electrons. The highest BCUT2D eigenvalue weighted by atomic mass is 35.5. The molecular formula is C40H47ClN6O6S. The van der Waals surface area contributed by atoms with Gasteiger partial charge in [-0.15, -0.1) is 30.8 Å². The summed E-state index contributed by atoms with van der Waals surface area (Å²) < 4.78 is 0. The van der Waals surface area contributed by atoms with Crippen molar-refractivity contribution in [1.29, 1.82) is 0 Å². The summed E-state index contributed by atoms with van der Waals surface area (Å²) in [5, 5.41) is 18.3. The molecule has 0 aromatic heterocycles. The molecule has 14 heteroatoms. The van der Waals surface area contributed by atoms with E-state index in [1.807, 2.05) is 72.8 Å². The topological polar surface area (TPSA) is 189 Å². The number of thiol groups is 1. The van der Waals surface area contributed by atoms with Crippen molar-refractivity contribution >= 4 is 54.0 Å². The van der Waals surface area contributed by atoms with E-state index in [2.05, 4.69) is 47.1 Å². The maximum absolute atomic E-state index is 14.2. The van der Waals surface area contributed by atoms with Gasteiger partial charge in [-0.3, -0.25) is 14.6 Å². The zero-order valence-electron chi connectivity index (χ0n) is 29.9. The van der Waals surface area contributed by atoms with E-state index in [1.165, 1.54) is 10.5 Å². The second kappa shape index (κ2) is 20.9. The molecule has 2 aliphatic rings. The summed E-state index contributed by atoms with van der Waals surface area (Å²) in [7, 11) is 0. The van der Waals surface area contributed by atoms with E-state index in [-0.39, 0.29) is 59.9 Å². The first-order valence-electron chi connectivity index (χ1n) is 17.0. The van der Waals surface area contributed by atoms with Gasteiger partial charge in [0.25, 0.3) is 0 Å². The molecule has 0 spiro atoms. The van der Waals surface area contributed by atoms with Crippen LogP contribution in [0.5, 0.6) is 5.75 Å². The third-order valence-electron chi connectivity index (χ3n) is 8.65. The number of phenols is 1. The van der Waals surface area contributed by atoms with Gasteiger partial charge in [0, 0.05) is 42.7 Å². The molecule has 2 aliphatic heterocycles. The van der Waals surface area contributed by atoms with Crippen molar-refractivity contribution in [1.82, 2.24) is 25.8 Å². The number of para-hydroxylation sites is 1. The Hall–Kier alpha value is -5.18. The molecule has 54 heavy (non-hydrogen) atoms. The highest BCUT2D eigenvalue weighted by Crippen LogP contribution is 2.38. The van der Waals surface area contributed by atoms with Crippen molar-refractivity contribution < 1.29 is 30.4 Å². The molecule has 286 valence electrons. The first kappa shape index (κ1) is 43.2. The molecule has 1 unspecified atom stereocenters. The van der Waals surface area contributed by atoms with Gasteiger partial charge in [0.05, 0.1) is 24.2 Å². The number of urea groups is 1. The first-order valence-corrected chi connectivity index (χ1v) is 17.8. The van der Waals surface area contributed by atoms with Gasteiger partial charge in [-0.1, -0.05) is 84.4 Å². The summed E-state index contributed by atoms with van der Waals surface area (Å²) in [6.45, 7) is 6.68. The number of piperazine rings is 1. The molecule has 4 aromatic carbocycles. The van der Waals surface area contributed by atoms with E-state index in [9.17, 15) is 19.5 Å². The normalized spacial score (nSPS) is 16.9. The number of carbonyl (C=O) groups excluding carboxylic acids is 3. The molecule has 1 saturated heterocycles. The number of aromatic hydroxyl groups is 1. The number of hydrogen-bond donors (Lipinski definition) is 5. The van der Waals surface area contributed by atoms with Crippen LogP contribution >= 0.6 is 24.2 Å². The zero-order valence-corrected chi connectivity index (χ0v) is 31.6. The Morgan fingerprint density at radius 3 is 2.35 bits per heavy atom. The molecular weight excluding hydrogens is 728 g/mol. The Morgan fingerprint density at radius 2 is 1.69 bits per heavy atom. The third-order valence-corrected chi connectivity index (χ3v) is 9.30. The molecule has 6 rings (SSSR count). The van der Waals surface area contributed by atoms with Gasteiger partial charge in [0.15, 0.2) is 0 Å². The van der Waals surface area contributed by atoms with Crippen molar-refractivity contribution in [3.05, 3.63) is 138 Å². The fourth-order valence-corrected chi connectivity index (χ4v) is 6.40. The van der Waals surface area contributed by atoms with Crippen molar-refractivity contribution in [3.8, 4) is 5.75 Å². The zero-order chi connectivity index (χ0) is 37.0. The van der Waals surface area contributed by atoms with E-state index in [4.69, 9.17) is 11.6 Å². The van der Waals surface area contributed by atoms with E-state index >= 15 is 0 Å². The van der Waals surface area contributed by atoms with Crippen LogP contribution in [-0.4, -0.2) is 81.8 Å². The second-order valence-electron chi connectivity index (χ2n) is 12.5. The third kappa shape index (κ3) is 11.7. The predicted octanol–water partition coefficient (Wildman–Crippen LogP) is 4.41. The number of nitrogens with one attached hydrogen (secondary N) is 3. The van der Waals surface area contributed by atoms with E-state index in [0.717, 1.165) is 32.8 Å². The Morgan fingerprint density at radius 1 is 0.981 bits per heavy atom. The van der Waals surface area contributed by atoms with Crippen LogP contribution in [0.2, 0.25) is 0 Å². The summed E-state index contributed by atoms with van der Waals surface area (Å²) in [6.07, 6.45) is 2.66. The fourth-order valence-electron chi connectivity index (χ4n) is 6.02. The summed E-state index contributed by atoms with van der Waals surface area (Å²) in [4.78, 5) is 49.7. The molecule has 3 atom stereocenters. The van der Waals surface area contributed by atoms with Crippen molar-refractivity contribution in [2.75, 3.05) is 19.6 Å². The fraction of sp³-hybridized carbons (Fsp3) is 0.250. The Labute approximate surface area is 326 Å². The van der Waals surface area contributed by atoms with Gasteiger partial charge in [-0.25, -0.2) is 4.79 Å². The van der Waals surface area contributed by atoms with Crippen LogP contribution in [0.15, 0.2) is 120 Å². The average molecular weight is 775 g/mol. The molecule has 1 fully saturated rings. The number of alkyl halides is 1. The average Bonchev–Trinajstić information content (AvgIpc) is 3.53. The molecule has 4 aromatic rings. The Kier molecular flexibility index (Phi) is 16.7. The van der Waals surface area contributed by atoms with E-state index in [0.29, 0.717) is 13.1 Å². The number of nitrogens with zero attached hydrogens (tertiary/aromatic N) is 3. The van der Waals surface area contributed by atoms with Gasteiger partial charge in [-0.2, -0.15) is 0 Å². The lowest BCUT2D eigenvalue weighted by molar-refractivity contribution is -0.156. The van der Waals surface area contributed by atoms with Gasteiger partial charge in [0.1, 0.15) is 18.0 Å². The predicted molar refractivity (Wildman–Crippen MR) is 215 cm³/mol. The monoisotopic (exact) mass is 774 g/mol. The lowest BCUT2D eigenvalue weighted by atomic mass is 9.98. The number of benzene rings is 4. The van der Waals surface area contributed by atoms with Crippen LogP contribution in [0.25, 0.3) is 0 Å². The lowest BCUT2D eigenvalue weighted by Gasteiger charge is -2.46. The number of aryl methyl sites for hydroxylation is 1. The number of fused-ring (bicyclic) bond motifs is 1. The largest absolute Gasteiger partial charge is 0.508 e. The SMILES string of the molecule is C=CCNCC(=O)N1[C@@H](NC(=O)NCc2ccccc2)CN(Cc2cccc3c2N=CC3Cl)C(=O)[C@@H]1Cc1ccc(O)cc1.Cc1ccc(S)cc1.O.O. The minimum Gasteiger partial charge on any atom is -0.508 e. The maximum atomic E-state index is 14.2. The van der Waals surface area contributed by atoms with Crippen molar-refractivity contribution in [2.24, 2.45) is 4.99 Å². The maximum Gasteiger partial charge on any atom is 0.316 e. The van der Waals surface area contributed by atoms with Crippen LogP contribution in [0.4, 0.5) is 10.5 Å². The van der Waals surface area contributed by atoms with Crippen molar-refractivity contribution in [2.45, 2.75) is 48.9 Å².